The molecule has 98 valence electrons. The van der Waals surface area contributed by atoms with Gasteiger partial charge in [-0.3, -0.25) is 4.79 Å². The fourth-order valence-corrected chi connectivity index (χ4v) is 1.55. The van der Waals surface area contributed by atoms with Gasteiger partial charge in [-0.25, -0.2) is 4.79 Å². The van der Waals surface area contributed by atoms with Crippen LogP contribution in [0.15, 0.2) is 22.7 Å². The molecule has 1 aromatic carbocycles. The number of carbonyl (C=O) groups excluding carboxylic acids is 2. The SMILES string of the molecule is CNC(=O)CNC(=O)Nc1cc(Br)ccc1OC. The monoisotopic (exact) mass is 315 g/mol. The van der Waals surface area contributed by atoms with Crippen LogP contribution in [0.2, 0.25) is 0 Å². The van der Waals surface area contributed by atoms with Crippen LogP contribution >= 0.6 is 15.9 Å². The topological polar surface area (TPSA) is 79.5 Å². The van der Waals surface area contributed by atoms with E-state index in [4.69, 9.17) is 4.74 Å². The van der Waals surface area contributed by atoms with Crippen LogP contribution in [0.3, 0.4) is 0 Å². The minimum atomic E-state index is -0.477. The second-order valence-electron chi connectivity index (χ2n) is 3.33. The lowest BCUT2D eigenvalue weighted by molar-refractivity contribution is -0.119. The smallest absolute Gasteiger partial charge is 0.319 e. The fraction of sp³-hybridized carbons (Fsp3) is 0.273. The number of hydrogen-bond donors (Lipinski definition) is 3. The van der Waals surface area contributed by atoms with Crippen molar-refractivity contribution in [3.63, 3.8) is 0 Å². The van der Waals surface area contributed by atoms with Crippen molar-refractivity contribution in [1.82, 2.24) is 10.6 Å². The van der Waals surface area contributed by atoms with E-state index >= 15 is 0 Å². The van der Waals surface area contributed by atoms with E-state index in [1.165, 1.54) is 14.2 Å². The van der Waals surface area contributed by atoms with Crippen LogP contribution in [-0.4, -0.2) is 32.6 Å². The molecule has 3 N–H and O–H groups in total. The number of methoxy groups -OCH3 is 1. The number of likely N-dealkylation sites (N-methyl/N-ethyl adjacent to an activating group) is 1. The molecule has 0 spiro atoms. The molecular formula is C11H14BrN3O3. The molecule has 0 atom stereocenters. The summed E-state index contributed by atoms with van der Waals surface area (Å²) in [6, 6.07) is 4.75. The summed E-state index contributed by atoms with van der Waals surface area (Å²) in [6.07, 6.45) is 0. The van der Waals surface area contributed by atoms with Gasteiger partial charge in [-0.15, -0.1) is 0 Å². The summed E-state index contributed by atoms with van der Waals surface area (Å²) in [5.74, 6) is 0.264. The third-order valence-electron chi connectivity index (χ3n) is 2.10. The molecule has 1 rings (SSSR count). The van der Waals surface area contributed by atoms with E-state index in [9.17, 15) is 9.59 Å². The third kappa shape index (κ3) is 4.25. The van der Waals surface area contributed by atoms with E-state index < -0.39 is 6.03 Å². The van der Waals surface area contributed by atoms with Crippen LogP contribution in [0.1, 0.15) is 0 Å². The average Bonchev–Trinajstić information content (AvgIpc) is 2.36. The molecule has 0 aromatic heterocycles. The number of amides is 3. The Morgan fingerprint density at radius 3 is 2.72 bits per heavy atom. The van der Waals surface area contributed by atoms with Crippen LogP contribution in [-0.2, 0) is 4.79 Å². The summed E-state index contributed by atoms with van der Waals surface area (Å²) >= 11 is 3.30. The number of benzene rings is 1. The standard InChI is InChI=1S/C11H14BrN3O3/c1-13-10(16)6-14-11(17)15-8-5-7(12)3-4-9(8)18-2/h3-5H,6H2,1-2H3,(H,13,16)(H2,14,15,17). The Morgan fingerprint density at radius 1 is 1.39 bits per heavy atom. The van der Waals surface area contributed by atoms with E-state index in [0.29, 0.717) is 11.4 Å². The Hall–Kier alpha value is -1.76. The molecule has 6 nitrogen and oxygen atoms in total. The highest BCUT2D eigenvalue weighted by Gasteiger charge is 2.08. The lowest BCUT2D eigenvalue weighted by Crippen LogP contribution is -2.37. The molecule has 3 amide bonds. The molecule has 0 bridgehead atoms. The minimum absolute atomic E-state index is 0.0847. The van der Waals surface area contributed by atoms with Crippen LogP contribution in [0.4, 0.5) is 10.5 Å². The molecule has 0 aliphatic carbocycles. The Kier molecular flexibility index (Phi) is 5.44. The fourth-order valence-electron chi connectivity index (χ4n) is 1.19. The Morgan fingerprint density at radius 2 is 2.11 bits per heavy atom. The van der Waals surface area contributed by atoms with Gasteiger partial charge in [0.05, 0.1) is 19.3 Å². The zero-order valence-electron chi connectivity index (χ0n) is 10.0. The van der Waals surface area contributed by atoms with Crippen LogP contribution < -0.4 is 20.7 Å². The van der Waals surface area contributed by atoms with Gasteiger partial charge in [0.25, 0.3) is 0 Å². The van der Waals surface area contributed by atoms with Gasteiger partial charge in [0.15, 0.2) is 0 Å². The van der Waals surface area contributed by atoms with E-state index in [2.05, 4.69) is 31.9 Å². The molecule has 0 heterocycles. The van der Waals surface area contributed by atoms with Gasteiger partial charge < -0.3 is 20.7 Å². The summed E-state index contributed by atoms with van der Waals surface area (Å²) < 4.78 is 5.92. The molecule has 0 aliphatic heterocycles. The summed E-state index contributed by atoms with van der Waals surface area (Å²) in [5, 5.41) is 7.42. The first-order chi connectivity index (χ1) is 8.56. The largest absolute Gasteiger partial charge is 0.495 e. The second-order valence-corrected chi connectivity index (χ2v) is 4.24. The van der Waals surface area contributed by atoms with Gasteiger partial charge in [0, 0.05) is 11.5 Å². The quantitative estimate of drug-likeness (QED) is 0.784. The van der Waals surface area contributed by atoms with Crippen molar-refractivity contribution >= 4 is 33.6 Å². The van der Waals surface area contributed by atoms with E-state index in [1.807, 2.05) is 0 Å². The normalized spacial score (nSPS) is 9.50. The van der Waals surface area contributed by atoms with E-state index in [0.717, 1.165) is 4.47 Å². The molecule has 7 heteroatoms. The molecule has 0 fully saturated rings. The van der Waals surface area contributed by atoms with Gasteiger partial charge in [-0.2, -0.15) is 0 Å². The van der Waals surface area contributed by atoms with E-state index in [1.54, 1.807) is 18.2 Å². The molecular weight excluding hydrogens is 302 g/mol. The number of hydrogen-bond acceptors (Lipinski definition) is 3. The van der Waals surface area contributed by atoms with Gasteiger partial charge in [0.1, 0.15) is 5.75 Å². The highest BCUT2D eigenvalue weighted by molar-refractivity contribution is 9.10. The zero-order valence-corrected chi connectivity index (χ0v) is 11.6. The number of nitrogens with one attached hydrogen (secondary N) is 3. The third-order valence-corrected chi connectivity index (χ3v) is 2.59. The Labute approximate surface area is 113 Å². The number of halogens is 1. The van der Waals surface area contributed by atoms with Crippen molar-refractivity contribution in [3.8, 4) is 5.75 Å². The van der Waals surface area contributed by atoms with Gasteiger partial charge >= 0.3 is 6.03 Å². The first-order valence-corrected chi connectivity index (χ1v) is 5.95. The molecule has 0 unspecified atom stereocenters. The molecule has 1 aromatic rings. The molecule has 0 saturated heterocycles. The number of urea groups is 1. The van der Waals surface area contributed by atoms with E-state index in [-0.39, 0.29) is 12.5 Å². The summed E-state index contributed by atoms with van der Waals surface area (Å²) in [5.41, 5.74) is 0.515. The highest BCUT2D eigenvalue weighted by Crippen LogP contribution is 2.27. The highest BCUT2D eigenvalue weighted by atomic mass is 79.9. The Balaban J connectivity index is 2.63. The number of rotatable bonds is 4. The first-order valence-electron chi connectivity index (χ1n) is 5.15. The second kappa shape index (κ2) is 6.85. The summed E-state index contributed by atoms with van der Waals surface area (Å²) in [6.45, 7) is -0.0847. The average molecular weight is 316 g/mol. The van der Waals surface area contributed by atoms with Crippen molar-refractivity contribution < 1.29 is 14.3 Å². The van der Waals surface area contributed by atoms with Gasteiger partial charge in [-0.05, 0) is 18.2 Å². The summed E-state index contributed by atoms with van der Waals surface area (Å²) in [7, 11) is 3.01. The lowest BCUT2D eigenvalue weighted by Gasteiger charge is -2.11. The maximum absolute atomic E-state index is 11.5. The molecule has 0 aliphatic rings. The number of carbonyl (C=O) groups is 2. The number of ether oxygens (including phenoxy) is 1. The van der Waals surface area contributed by atoms with Crippen molar-refractivity contribution in [1.29, 1.82) is 0 Å². The van der Waals surface area contributed by atoms with Crippen LogP contribution in [0.5, 0.6) is 5.75 Å². The molecule has 18 heavy (non-hydrogen) atoms. The van der Waals surface area contributed by atoms with Gasteiger partial charge in [0.2, 0.25) is 5.91 Å². The zero-order chi connectivity index (χ0) is 13.5. The molecule has 0 saturated carbocycles. The first kappa shape index (κ1) is 14.3. The van der Waals surface area contributed by atoms with Crippen molar-refractivity contribution in [2.24, 2.45) is 0 Å². The van der Waals surface area contributed by atoms with Crippen molar-refractivity contribution in [2.45, 2.75) is 0 Å². The predicted molar refractivity (Wildman–Crippen MR) is 71.8 cm³/mol. The predicted octanol–water partition coefficient (Wildman–Crippen LogP) is 1.33. The summed E-state index contributed by atoms with van der Waals surface area (Å²) in [4.78, 5) is 22.5. The maximum Gasteiger partial charge on any atom is 0.319 e. The minimum Gasteiger partial charge on any atom is -0.495 e. The van der Waals surface area contributed by atoms with Crippen molar-refractivity contribution in [2.75, 3.05) is 26.0 Å². The maximum atomic E-state index is 11.5. The van der Waals surface area contributed by atoms with Gasteiger partial charge in [-0.1, -0.05) is 15.9 Å². The molecule has 0 radical (unpaired) electrons. The van der Waals surface area contributed by atoms with Crippen LogP contribution in [0, 0.1) is 0 Å². The van der Waals surface area contributed by atoms with Crippen molar-refractivity contribution in [3.05, 3.63) is 22.7 Å². The number of anilines is 1. The lowest BCUT2D eigenvalue weighted by atomic mass is 10.3. The Bertz CT molecular complexity index is 451. The van der Waals surface area contributed by atoms with Crippen LogP contribution in [0.25, 0.3) is 0 Å².